The van der Waals surface area contributed by atoms with E-state index in [4.69, 9.17) is 0 Å². The van der Waals surface area contributed by atoms with Crippen molar-refractivity contribution in [2.75, 3.05) is 6.54 Å². The molecule has 3 aromatic rings. The maximum Gasteiger partial charge on any atom is 0.573 e. The highest BCUT2D eigenvalue weighted by Gasteiger charge is 2.31. The number of aromatic nitrogens is 1. The highest BCUT2D eigenvalue weighted by Crippen LogP contribution is 2.29. The van der Waals surface area contributed by atoms with Gasteiger partial charge in [0.2, 0.25) is 0 Å². The molecule has 0 fully saturated rings. The molecule has 0 amide bonds. The zero-order chi connectivity index (χ0) is 18.7. The number of alkyl halides is 3. The van der Waals surface area contributed by atoms with E-state index in [2.05, 4.69) is 9.72 Å². The predicted octanol–water partition coefficient (Wildman–Crippen LogP) is 3.82. The summed E-state index contributed by atoms with van der Waals surface area (Å²) < 4.78 is 54.5. The molecule has 3 N–H and O–H groups in total. The van der Waals surface area contributed by atoms with E-state index in [1.54, 1.807) is 12.1 Å². The molecular formula is C19H19F4N2O+. The second kappa shape index (κ2) is 7.37. The van der Waals surface area contributed by atoms with Gasteiger partial charge in [0.15, 0.2) is 0 Å². The standard InChI is InChI=1S/C19H18F4N2O/c1-12-16(7-8-24-11-13-3-2-4-14(20)9-13)17-10-15(26-19(21,22)23)5-6-18(17)25-12/h2-6,9-10,24-25H,7-8,11H2,1H3/p+1. The Morgan fingerprint density at radius 2 is 1.92 bits per heavy atom. The lowest BCUT2D eigenvalue weighted by Crippen LogP contribution is -2.83. The first-order valence-corrected chi connectivity index (χ1v) is 8.25. The van der Waals surface area contributed by atoms with E-state index in [9.17, 15) is 17.6 Å². The maximum atomic E-state index is 13.2. The molecule has 0 atom stereocenters. The number of fused-ring (bicyclic) bond motifs is 1. The summed E-state index contributed by atoms with van der Waals surface area (Å²) in [5.41, 5.74) is 3.55. The van der Waals surface area contributed by atoms with Crippen molar-refractivity contribution in [2.45, 2.75) is 26.3 Å². The van der Waals surface area contributed by atoms with Crippen molar-refractivity contribution in [1.82, 2.24) is 4.98 Å². The molecule has 138 valence electrons. The van der Waals surface area contributed by atoms with Crippen molar-refractivity contribution >= 4 is 10.9 Å². The van der Waals surface area contributed by atoms with Crippen LogP contribution in [0.15, 0.2) is 42.5 Å². The number of H-pyrrole nitrogens is 1. The number of ether oxygens (including phenoxy) is 1. The number of halogens is 4. The Morgan fingerprint density at radius 3 is 2.65 bits per heavy atom. The molecule has 1 aromatic heterocycles. The minimum atomic E-state index is -4.71. The minimum absolute atomic E-state index is 0.228. The molecule has 0 aliphatic heterocycles. The Hall–Kier alpha value is -2.54. The van der Waals surface area contributed by atoms with Crippen molar-refractivity contribution < 1.29 is 27.6 Å². The zero-order valence-electron chi connectivity index (χ0n) is 14.2. The van der Waals surface area contributed by atoms with Gasteiger partial charge in [-0.15, -0.1) is 13.2 Å². The molecule has 0 bridgehead atoms. The van der Waals surface area contributed by atoms with E-state index in [1.165, 1.54) is 24.3 Å². The van der Waals surface area contributed by atoms with Crippen LogP contribution in [0, 0.1) is 12.7 Å². The minimum Gasteiger partial charge on any atom is -0.406 e. The summed E-state index contributed by atoms with van der Waals surface area (Å²) in [6, 6.07) is 10.7. The average Bonchev–Trinajstić information content (AvgIpc) is 2.85. The third-order valence-corrected chi connectivity index (χ3v) is 4.19. The van der Waals surface area contributed by atoms with Crippen LogP contribution in [0.4, 0.5) is 17.6 Å². The fraction of sp³-hybridized carbons (Fsp3) is 0.263. The van der Waals surface area contributed by atoms with Crippen molar-refractivity contribution in [3.63, 3.8) is 0 Å². The van der Waals surface area contributed by atoms with E-state index in [0.717, 1.165) is 34.3 Å². The van der Waals surface area contributed by atoms with Crippen LogP contribution in [0.5, 0.6) is 5.75 Å². The second-order valence-corrected chi connectivity index (χ2v) is 6.15. The van der Waals surface area contributed by atoms with Gasteiger partial charge in [0.05, 0.1) is 6.54 Å². The third kappa shape index (κ3) is 4.54. The van der Waals surface area contributed by atoms with E-state index in [1.807, 2.05) is 18.3 Å². The summed E-state index contributed by atoms with van der Waals surface area (Å²) in [6.45, 7) is 3.27. The first-order valence-electron chi connectivity index (χ1n) is 8.25. The van der Waals surface area contributed by atoms with E-state index in [0.29, 0.717) is 13.0 Å². The van der Waals surface area contributed by atoms with Crippen LogP contribution >= 0.6 is 0 Å². The predicted molar refractivity (Wildman–Crippen MR) is 90.3 cm³/mol. The van der Waals surface area contributed by atoms with Crippen LogP contribution in [0.25, 0.3) is 10.9 Å². The van der Waals surface area contributed by atoms with E-state index >= 15 is 0 Å². The van der Waals surface area contributed by atoms with Crippen LogP contribution in [-0.2, 0) is 13.0 Å². The lowest BCUT2D eigenvalue weighted by Gasteiger charge is -2.09. The maximum absolute atomic E-state index is 13.2. The number of benzene rings is 2. The van der Waals surface area contributed by atoms with Gasteiger partial charge in [0, 0.05) is 28.6 Å². The van der Waals surface area contributed by atoms with E-state index < -0.39 is 6.36 Å². The van der Waals surface area contributed by atoms with Crippen molar-refractivity contribution in [3.8, 4) is 5.75 Å². The van der Waals surface area contributed by atoms with Gasteiger partial charge in [-0.1, -0.05) is 12.1 Å². The molecular weight excluding hydrogens is 348 g/mol. The van der Waals surface area contributed by atoms with Crippen LogP contribution in [0.2, 0.25) is 0 Å². The van der Waals surface area contributed by atoms with Gasteiger partial charge >= 0.3 is 6.36 Å². The quantitative estimate of drug-likeness (QED) is 0.505. The highest BCUT2D eigenvalue weighted by atomic mass is 19.4. The van der Waals surface area contributed by atoms with Gasteiger partial charge in [-0.2, -0.15) is 0 Å². The second-order valence-electron chi connectivity index (χ2n) is 6.15. The Morgan fingerprint density at radius 1 is 1.12 bits per heavy atom. The Kier molecular flexibility index (Phi) is 5.18. The van der Waals surface area contributed by atoms with Gasteiger partial charge < -0.3 is 15.0 Å². The summed E-state index contributed by atoms with van der Waals surface area (Å²) >= 11 is 0. The molecule has 7 heteroatoms. The van der Waals surface area contributed by atoms with Gasteiger partial charge in [-0.05, 0) is 42.8 Å². The summed E-state index contributed by atoms with van der Waals surface area (Å²) in [4.78, 5) is 3.18. The molecule has 3 rings (SSSR count). The normalized spacial score (nSPS) is 11.9. The Balaban J connectivity index is 1.68. The van der Waals surface area contributed by atoms with Crippen molar-refractivity contribution in [1.29, 1.82) is 0 Å². The molecule has 0 spiro atoms. The first-order chi connectivity index (χ1) is 12.3. The topological polar surface area (TPSA) is 41.6 Å². The molecule has 1 heterocycles. The molecule has 0 radical (unpaired) electrons. The molecule has 26 heavy (non-hydrogen) atoms. The molecule has 0 unspecified atom stereocenters. The summed E-state index contributed by atoms with van der Waals surface area (Å²) in [7, 11) is 0. The molecule has 2 aromatic carbocycles. The van der Waals surface area contributed by atoms with Gasteiger partial charge in [0.25, 0.3) is 0 Å². The number of hydrogen-bond donors (Lipinski definition) is 2. The lowest BCUT2D eigenvalue weighted by molar-refractivity contribution is -0.670. The summed E-state index contributed by atoms with van der Waals surface area (Å²) in [6.07, 6.45) is -4.03. The number of rotatable bonds is 6. The highest BCUT2D eigenvalue weighted by molar-refractivity contribution is 5.86. The van der Waals surface area contributed by atoms with Crippen LogP contribution in [0.1, 0.15) is 16.8 Å². The third-order valence-electron chi connectivity index (χ3n) is 4.19. The fourth-order valence-corrected chi connectivity index (χ4v) is 3.06. The number of aromatic amines is 1. The summed E-state index contributed by atoms with van der Waals surface area (Å²) in [5.74, 6) is -0.491. The SMILES string of the molecule is Cc1[nH]c2ccc(OC(F)(F)F)cc2c1CC[NH2+]Cc1cccc(F)c1. The van der Waals surface area contributed by atoms with Crippen LogP contribution < -0.4 is 10.1 Å². The Labute approximate surface area is 148 Å². The molecule has 0 saturated carbocycles. The number of hydrogen-bond acceptors (Lipinski definition) is 1. The smallest absolute Gasteiger partial charge is 0.406 e. The van der Waals surface area contributed by atoms with Crippen molar-refractivity contribution in [3.05, 3.63) is 65.1 Å². The number of aryl methyl sites for hydroxylation is 1. The molecule has 3 nitrogen and oxygen atoms in total. The van der Waals surface area contributed by atoms with Gasteiger partial charge in [-0.25, -0.2) is 4.39 Å². The average molecular weight is 367 g/mol. The molecule has 0 saturated heterocycles. The van der Waals surface area contributed by atoms with Crippen LogP contribution in [-0.4, -0.2) is 17.9 Å². The lowest BCUT2D eigenvalue weighted by atomic mass is 10.1. The molecule has 0 aliphatic carbocycles. The van der Waals surface area contributed by atoms with Crippen molar-refractivity contribution in [2.24, 2.45) is 0 Å². The number of nitrogens with one attached hydrogen (secondary N) is 1. The van der Waals surface area contributed by atoms with E-state index in [-0.39, 0.29) is 11.6 Å². The monoisotopic (exact) mass is 367 g/mol. The fourth-order valence-electron chi connectivity index (χ4n) is 3.06. The zero-order valence-corrected chi connectivity index (χ0v) is 14.2. The number of nitrogens with two attached hydrogens (primary N) is 1. The van der Waals surface area contributed by atoms with Gasteiger partial charge in [-0.3, -0.25) is 0 Å². The largest absolute Gasteiger partial charge is 0.573 e. The Bertz CT molecular complexity index is 902. The van der Waals surface area contributed by atoms with Gasteiger partial charge in [0.1, 0.15) is 18.1 Å². The number of quaternary nitrogens is 1. The first kappa shape index (κ1) is 18.3. The summed E-state index contributed by atoms with van der Waals surface area (Å²) in [5, 5.41) is 2.77. The van der Waals surface area contributed by atoms with Crippen LogP contribution in [0.3, 0.4) is 0 Å². The molecule has 0 aliphatic rings.